The van der Waals surface area contributed by atoms with E-state index in [1.165, 1.54) is 24.2 Å². The first-order chi connectivity index (χ1) is 9.05. The molecule has 1 aromatic heterocycles. The molecule has 19 heavy (non-hydrogen) atoms. The van der Waals surface area contributed by atoms with Crippen molar-refractivity contribution >= 4 is 21.4 Å². The van der Waals surface area contributed by atoms with E-state index in [0.717, 1.165) is 18.5 Å². The van der Waals surface area contributed by atoms with Gasteiger partial charge in [0, 0.05) is 25.7 Å². The van der Waals surface area contributed by atoms with E-state index in [1.54, 1.807) is 4.31 Å². The second kappa shape index (κ2) is 5.16. The zero-order valence-corrected chi connectivity index (χ0v) is 12.8. The Morgan fingerprint density at radius 2 is 2.21 bits per heavy atom. The van der Waals surface area contributed by atoms with Crippen molar-refractivity contribution in [2.75, 3.05) is 13.1 Å². The summed E-state index contributed by atoms with van der Waals surface area (Å²) in [5.41, 5.74) is 1.09. The average molecular weight is 300 g/mol. The largest absolute Gasteiger partial charge is 0.310 e. The van der Waals surface area contributed by atoms with Crippen molar-refractivity contribution in [2.24, 2.45) is 5.92 Å². The summed E-state index contributed by atoms with van der Waals surface area (Å²) in [4.78, 5) is 0. The summed E-state index contributed by atoms with van der Waals surface area (Å²) < 4.78 is 27.0. The number of rotatable bonds is 5. The van der Waals surface area contributed by atoms with E-state index >= 15 is 0 Å². The predicted octanol–water partition coefficient (Wildman–Crippen LogP) is 2.03. The van der Waals surface area contributed by atoms with Crippen LogP contribution < -0.4 is 5.32 Å². The maximum Gasteiger partial charge on any atom is 0.252 e. The predicted molar refractivity (Wildman–Crippen MR) is 76.7 cm³/mol. The molecule has 106 valence electrons. The van der Waals surface area contributed by atoms with Gasteiger partial charge in [-0.25, -0.2) is 8.42 Å². The third-order valence-corrected chi connectivity index (χ3v) is 7.11. The molecule has 1 aliphatic carbocycles. The molecule has 1 atom stereocenters. The summed E-state index contributed by atoms with van der Waals surface area (Å²) in [5.74, 6) is 0.478. The standard InChI is InChI=1S/C13H20N2O2S2/c1-10-4-5-15(8-10)19(16,17)13-6-11(9-18-13)7-14-12-2-3-12/h6,9-10,12,14H,2-5,7-8H2,1H3. The summed E-state index contributed by atoms with van der Waals surface area (Å²) in [7, 11) is -3.25. The van der Waals surface area contributed by atoms with Crippen molar-refractivity contribution < 1.29 is 8.42 Å². The maximum absolute atomic E-state index is 12.5. The average Bonchev–Trinajstić information content (AvgIpc) is 2.89. The molecule has 0 spiro atoms. The minimum atomic E-state index is -3.25. The number of sulfonamides is 1. The van der Waals surface area contributed by atoms with Crippen molar-refractivity contribution in [3.8, 4) is 0 Å². The van der Waals surface area contributed by atoms with Crippen LogP contribution in [-0.4, -0.2) is 31.9 Å². The first kappa shape index (κ1) is 13.5. The van der Waals surface area contributed by atoms with Crippen molar-refractivity contribution in [2.45, 2.75) is 43.0 Å². The second-order valence-electron chi connectivity index (χ2n) is 5.69. The van der Waals surface area contributed by atoms with E-state index in [4.69, 9.17) is 0 Å². The molecule has 0 amide bonds. The van der Waals surface area contributed by atoms with Crippen molar-refractivity contribution in [1.82, 2.24) is 9.62 Å². The molecule has 1 saturated carbocycles. The minimum Gasteiger partial charge on any atom is -0.310 e. The smallest absolute Gasteiger partial charge is 0.252 e. The van der Waals surface area contributed by atoms with Gasteiger partial charge >= 0.3 is 0 Å². The minimum absolute atomic E-state index is 0.478. The number of hydrogen-bond donors (Lipinski definition) is 1. The van der Waals surface area contributed by atoms with E-state index in [1.807, 2.05) is 11.4 Å². The highest BCUT2D eigenvalue weighted by atomic mass is 32.2. The normalized spacial score (nSPS) is 25.0. The first-order valence-corrected chi connectivity index (χ1v) is 9.18. The zero-order valence-electron chi connectivity index (χ0n) is 11.1. The fourth-order valence-electron chi connectivity index (χ4n) is 2.37. The Morgan fingerprint density at radius 3 is 2.84 bits per heavy atom. The topological polar surface area (TPSA) is 49.4 Å². The molecule has 2 heterocycles. The van der Waals surface area contributed by atoms with Gasteiger partial charge in [-0.1, -0.05) is 6.92 Å². The first-order valence-electron chi connectivity index (χ1n) is 6.86. The molecule has 1 aromatic rings. The number of nitrogens with zero attached hydrogens (tertiary/aromatic N) is 1. The molecule has 1 saturated heterocycles. The lowest BCUT2D eigenvalue weighted by Crippen LogP contribution is -2.28. The third-order valence-electron chi connectivity index (χ3n) is 3.78. The number of hydrogen-bond acceptors (Lipinski definition) is 4. The Hall–Kier alpha value is -0.430. The summed E-state index contributed by atoms with van der Waals surface area (Å²) in [6, 6.07) is 2.48. The van der Waals surface area contributed by atoms with Gasteiger partial charge in [0.25, 0.3) is 10.0 Å². The Kier molecular flexibility index (Phi) is 3.68. The van der Waals surface area contributed by atoms with E-state index in [0.29, 0.717) is 29.3 Å². The molecular formula is C13H20N2O2S2. The summed E-state index contributed by atoms with van der Waals surface area (Å²) in [6.45, 7) is 4.22. The SMILES string of the molecule is CC1CCN(S(=O)(=O)c2cc(CNC3CC3)cs2)C1. The van der Waals surface area contributed by atoms with Crippen LogP contribution in [-0.2, 0) is 16.6 Å². The Labute approximate surface area is 118 Å². The quantitative estimate of drug-likeness (QED) is 0.905. The highest BCUT2D eigenvalue weighted by Gasteiger charge is 2.31. The van der Waals surface area contributed by atoms with Gasteiger partial charge in [-0.2, -0.15) is 4.31 Å². The van der Waals surface area contributed by atoms with Crippen LogP contribution in [0.15, 0.2) is 15.7 Å². The Balaban J connectivity index is 1.69. The molecule has 6 heteroatoms. The molecule has 2 fully saturated rings. The Bertz CT molecular complexity index is 549. The van der Waals surface area contributed by atoms with Crippen molar-refractivity contribution in [3.05, 3.63) is 17.0 Å². The van der Waals surface area contributed by atoms with Gasteiger partial charge in [0.2, 0.25) is 0 Å². The van der Waals surface area contributed by atoms with E-state index < -0.39 is 10.0 Å². The molecule has 1 N–H and O–H groups in total. The van der Waals surface area contributed by atoms with Crippen molar-refractivity contribution in [1.29, 1.82) is 0 Å². The zero-order chi connectivity index (χ0) is 13.5. The van der Waals surface area contributed by atoms with Gasteiger partial charge in [-0.3, -0.25) is 0 Å². The fourth-order valence-corrected chi connectivity index (χ4v) is 5.31. The van der Waals surface area contributed by atoms with Gasteiger partial charge in [0.1, 0.15) is 4.21 Å². The van der Waals surface area contributed by atoms with Crippen LogP contribution in [0.1, 0.15) is 31.7 Å². The van der Waals surface area contributed by atoms with Crippen LogP contribution in [0.4, 0.5) is 0 Å². The summed E-state index contributed by atoms with van der Waals surface area (Å²) in [6.07, 6.45) is 3.47. The highest BCUT2D eigenvalue weighted by Crippen LogP contribution is 2.28. The van der Waals surface area contributed by atoms with Gasteiger partial charge in [0.05, 0.1) is 0 Å². The van der Waals surface area contributed by atoms with Gasteiger partial charge in [0.15, 0.2) is 0 Å². The van der Waals surface area contributed by atoms with Crippen LogP contribution in [0.2, 0.25) is 0 Å². The van der Waals surface area contributed by atoms with Gasteiger partial charge in [-0.15, -0.1) is 11.3 Å². The molecule has 0 radical (unpaired) electrons. The number of nitrogens with one attached hydrogen (secondary N) is 1. The molecular weight excluding hydrogens is 280 g/mol. The lowest BCUT2D eigenvalue weighted by Gasteiger charge is -2.14. The van der Waals surface area contributed by atoms with E-state index in [2.05, 4.69) is 12.2 Å². The Morgan fingerprint density at radius 1 is 1.42 bits per heavy atom. The molecule has 2 aliphatic rings. The molecule has 0 aromatic carbocycles. The number of thiophene rings is 1. The van der Waals surface area contributed by atoms with E-state index in [-0.39, 0.29) is 0 Å². The van der Waals surface area contributed by atoms with Gasteiger partial charge < -0.3 is 5.32 Å². The lowest BCUT2D eigenvalue weighted by atomic mass is 10.2. The molecule has 1 unspecified atom stereocenters. The van der Waals surface area contributed by atoms with Crippen LogP contribution >= 0.6 is 11.3 Å². The molecule has 1 aliphatic heterocycles. The van der Waals surface area contributed by atoms with Crippen LogP contribution in [0, 0.1) is 5.92 Å². The molecule has 3 rings (SSSR count). The summed E-state index contributed by atoms with van der Waals surface area (Å²) in [5, 5.41) is 5.37. The van der Waals surface area contributed by atoms with Crippen LogP contribution in [0.5, 0.6) is 0 Å². The third kappa shape index (κ3) is 3.02. The monoisotopic (exact) mass is 300 g/mol. The lowest BCUT2D eigenvalue weighted by molar-refractivity contribution is 0.466. The second-order valence-corrected chi connectivity index (χ2v) is 8.76. The highest BCUT2D eigenvalue weighted by molar-refractivity contribution is 7.91. The van der Waals surface area contributed by atoms with Gasteiger partial charge in [-0.05, 0) is 42.2 Å². The van der Waals surface area contributed by atoms with Crippen molar-refractivity contribution in [3.63, 3.8) is 0 Å². The van der Waals surface area contributed by atoms with Crippen LogP contribution in [0.25, 0.3) is 0 Å². The fraction of sp³-hybridized carbons (Fsp3) is 0.692. The maximum atomic E-state index is 12.5. The molecule has 4 nitrogen and oxygen atoms in total. The van der Waals surface area contributed by atoms with E-state index in [9.17, 15) is 8.42 Å². The van der Waals surface area contributed by atoms with Crippen LogP contribution in [0.3, 0.4) is 0 Å². The summed E-state index contributed by atoms with van der Waals surface area (Å²) >= 11 is 1.35. The molecule has 0 bridgehead atoms.